The van der Waals surface area contributed by atoms with Crippen LogP contribution in [0.1, 0.15) is 30.1 Å². The lowest BCUT2D eigenvalue weighted by Gasteiger charge is -2.30. The summed E-state index contributed by atoms with van der Waals surface area (Å²) in [7, 11) is 0. The molecule has 1 fully saturated rings. The summed E-state index contributed by atoms with van der Waals surface area (Å²) < 4.78 is 5.04. The first-order valence-corrected chi connectivity index (χ1v) is 7.83. The first-order valence-electron chi connectivity index (χ1n) is 7.08. The van der Waals surface area contributed by atoms with E-state index in [-0.39, 0.29) is 33.8 Å². The predicted octanol–water partition coefficient (Wildman–Crippen LogP) is 2.99. The summed E-state index contributed by atoms with van der Waals surface area (Å²) in [6.07, 6.45) is 2.08. The highest BCUT2D eigenvalue weighted by molar-refractivity contribution is 6.37. The van der Waals surface area contributed by atoms with Crippen LogP contribution in [0.2, 0.25) is 10.0 Å². The Bertz CT molecular complexity index is 592. The minimum absolute atomic E-state index is 0.0670. The van der Waals surface area contributed by atoms with Gasteiger partial charge in [0.25, 0.3) is 5.91 Å². The first kappa shape index (κ1) is 16.9. The maximum absolute atomic E-state index is 12.1. The van der Waals surface area contributed by atoms with Gasteiger partial charge >= 0.3 is 5.97 Å². The van der Waals surface area contributed by atoms with Crippen LogP contribution in [-0.2, 0) is 9.53 Å². The highest BCUT2D eigenvalue weighted by Gasteiger charge is 2.23. The molecule has 5 nitrogen and oxygen atoms in total. The van der Waals surface area contributed by atoms with Gasteiger partial charge in [-0.2, -0.15) is 0 Å². The molecule has 1 aliphatic rings. The molecule has 1 aliphatic heterocycles. The topological polar surface area (TPSA) is 72.6 Å². The Morgan fingerprint density at radius 2 is 2.14 bits per heavy atom. The second kappa shape index (κ2) is 7.20. The van der Waals surface area contributed by atoms with Crippen LogP contribution < -0.4 is 5.73 Å². The third-order valence-corrected chi connectivity index (χ3v) is 4.18. The van der Waals surface area contributed by atoms with Crippen LogP contribution in [-0.4, -0.2) is 36.5 Å². The van der Waals surface area contributed by atoms with Crippen molar-refractivity contribution in [3.8, 4) is 0 Å². The number of rotatable bonds is 3. The molecule has 0 bridgehead atoms. The summed E-state index contributed by atoms with van der Waals surface area (Å²) in [6.45, 7) is 3.18. The average molecular weight is 345 g/mol. The maximum atomic E-state index is 12.1. The fourth-order valence-electron chi connectivity index (χ4n) is 2.47. The van der Waals surface area contributed by atoms with Gasteiger partial charge in [0.15, 0.2) is 6.61 Å². The number of hydrogen-bond donors (Lipinski definition) is 1. The molecule has 1 amide bonds. The second-order valence-corrected chi connectivity index (χ2v) is 6.36. The van der Waals surface area contributed by atoms with Gasteiger partial charge in [0.2, 0.25) is 0 Å². The van der Waals surface area contributed by atoms with Crippen molar-refractivity contribution < 1.29 is 14.3 Å². The number of piperidine rings is 1. The summed E-state index contributed by atoms with van der Waals surface area (Å²) >= 11 is 11.7. The second-order valence-electron chi connectivity index (χ2n) is 5.51. The predicted molar refractivity (Wildman–Crippen MR) is 86.1 cm³/mol. The summed E-state index contributed by atoms with van der Waals surface area (Å²) in [5, 5.41) is 0.456. The Balaban J connectivity index is 1.97. The van der Waals surface area contributed by atoms with Gasteiger partial charge in [-0.1, -0.05) is 30.1 Å². The van der Waals surface area contributed by atoms with E-state index >= 15 is 0 Å². The van der Waals surface area contributed by atoms with Crippen molar-refractivity contribution in [3.63, 3.8) is 0 Å². The zero-order chi connectivity index (χ0) is 16.3. The Morgan fingerprint density at radius 1 is 1.41 bits per heavy atom. The smallest absolute Gasteiger partial charge is 0.340 e. The van der Waals surface area contributed by atoms with Crippen molar-refractivity contribution >= 4 is 40.8 Å². The van der Waals surface area contributed by atoms with E-state index < -0.39 is 5.97 Å². The van der Waals surface area contributed by atoms with Crippen LogP contribution in [0, 0.1) is 5.92 Å². The number of anilines is 1. The number of hydrogen-bond acceptors (Lipinski definition) is 4. The third kappa shape index (κ3) is 4.05. The standard InChI is InChI=1S/C15H18Cl2N2O3/c1-9-3-2-4-19(7-9)13(20)8-22-15(21)11-5-10(16)6-12(17)14(11)18/h5-6,9H,2-4,7-8,18H2,1H3/t9-/m0/s1. The van der Waals surface area contributed by atoms with Crippen LogP contribution in [0.4, 0.5) is 5.69 Å². The van der Waals surface area contributed by atoms with Crippen molar-refractivity contribution in [1.29, 1.82) is 0 Å². The molecule has 0 radical (unpaired) electrons. The van der Waals surface area contributed by atoms with Crippen LogP contribution in [0.5, 0.6) is 0 Å². The quantitative estimate of drug-likeness (QED) is 0.675. The van der Waals surface area contributed by atoms with Gasteiger partial charge in [-0.25, -0.2) is 4.79 Å². The molecule has 1 aromatic carbocycles. The molecule has 0 unspecified atom stereocenters. The van der Waals surface area contributed by atoms with Crippen molar-refractivity contribution in [1.82, 2.24) is 4.90 Å². The van der Waals surface area contributed by atoms with Crippen molar-refractivity contribution in [3.05, 3.63) is 27.7 Å². The Labute approximate surface area is 139 Å². The highest BCUT2D eigenvalue weighted by atomic mass is 35.5. The van der Waals surface area contributed by atoms with Gasteiger partial charge in [-0.15, -0.1) is 0 Å². The molecule has 1 saturated heterocycles. The number of carbonyl (C=O) groups excluding carboxylic acids is 2. The summed E-state index contributed by atoms with van der Waals surface area (Å²) in [5.41, 5.74) is 5.89. The number of nitrogen functional groups attached to an aromatic ring is 1. The normalized spacial score (nSPS) is 18.1. The molecule has 120 valence electrons. The number of likely N-dealkylation sites (tertiary alicyclic amines) is 1. The summed E-state index contributed by atoms with van der Waals surface area (Å²) in [4.78, 5) is 25.8. The molecule has 22 heavy (non-hydrogen) atoms. The van der Waals surface area contributed by atoms with Gasteiger partial charge in [0.1, 0.15) is 0 Å². The summed E-state index contributed by atoms with van der Waals surface area (Å²) in [6, 6.07) is 2.81. The van der Waals surface area contributed by atoms with E-state index in [0.29, 0.717) is 19.0 Å². The molecule has 0 saturated carbocycles. The molecular weight excluding hydrogens is 327 g/mol. The molecule has 1 atom stereocenters. The number of nitrogens with zero attached hydrogens (tertiary/aromatic N) is 1. The van der Waals surface area contributed by atoms with E-state index in [4.69, 9.17) is 33.7 Å². The molecule has 0 aliphatic carbocycles. The fraction of sp³-hybridized carbons (Fsp3) is 0.467. The minimum Gasteiger partial charge on any atom is -0.452 e. The maximum Gasteiger partial charge on any atom is 0.340 e. The van der Waals surface area contributed by atoms with E-state index in [1.807, 2.05) is 0 Å². The van der Waals surface area contributed by atoms with Gasteiger partial charge in [-0.3, -0.25) is 4.79 Å². The lowest BCUT2D eigenvalue weighted by atomic mass is 10.0. The monoisotopic (exact) mass is 344 g/mol. The van der Waals surface area contributed by atoms with E-state index in [0.717, 1.165) is 12.8 Å². The number of esters is 1. The Kier molecular flexibility index (Phi) is 5.53. The molecule has 0 aromatic heterocycles. The van der Waals surface area contributed by atoms with Crippen LogP contribution in [0.15, 0.2) is 12.1 Å². The highest BCUT2D eigenvalue weighted by Crippen LogP contribution is 2.28. The van der Waals surface area contributed by atoms with Crippen molar-refractivity contribution in [2.75, 3.05) is 25.4 Å². The molecule has 7 heteroatoms. The number of ether oxygens (including phenoxy) is 1. The average Bonchev–Trinajstić information content (AvgIpc) is 2.48. The number of amides is 1. The zero-order valence-corrected chi connectivity index (χ0v) is 13.8. The Morgan fingerprint density at radius 3 is 2.82 bits per heavy atom. The van der Waals surface area contributed by atoms with Gasteiger partial charge < -0.3 is 15.4 Å². The van der Waals surface area contributed by atoms with E-state index in [9.17, 15) is 9.59 Å². The molecule has 2 rings (SSSR count). The zero-order valence-electron chi connectivity index (χ0n) is 12.3. The Hall–Kier alpha value is -1.46. The van der Waals surface area contributed by atoms with E-state index in [1.165, 1.54) is 12.1 Å². The van der Waals surface area contributed by atoms with Crippen LogP contribution in [0.3, 0.4) is 0 Å². The van der Waals surface area contributed by atoms with Crippen LogP contribution in [0.25, 0.3) is 0 Å². The minimum atomic E-state index is -0.708. The number of carbonyl (C=O) groups is 2. The van der Waals surface area contributed by atoms with E-state index in [2.05, 4.69) is 6.92 Å². The fourth-order valence-corrected chi connectivity index (χ4v) is 2.96. The molecule has 2 N–H and O–H groups in total. The van der Waals surface area contributed by atoms with E-state index in [1.54, 1.807) is 4.90 Å². The van der Waals surface area contributed by atoms with Crippen molar-refractivity contribution in [2.24, 2.45) is 5.92 Å². The largest absolute Gasteiger partial charge is 0.452 e. The first-order chi connectivity index (χ1) is 10.4. The lowest BCUT2D eigenvalue weighted by molar-refractivity contribution is -0.136. The molecule has 1 heterocycles. The number of benzene rings is 1. The molecular formula is C15H18Cl2N2O3. The van der Waals surface area contributed by atoms with Crippen molar-refractivity contribution in [2.45, 2.75) is 19.8 Å². The number of halogens is 2. The lowest BCUT2D eigenvalue weighted by Crippen LogP contribution is -2.41. The van der Waals surface area contributed by atoms with Gasteiger partial charge in [-0.05, 0) is 30.9 Å². The van der Waals surface area contributed by atoms with Gasteiger partial charge in [0, 0.05) is 18.1 Å². The SMILES string of the molecule is C[C@H]1CCCN(C(=O)COC(=O)c2cc(Cl)cc(Cl)c2N)C1. The summed E-state index contributed by atoms with van der Waals surface area (Å²) in [5.74, 6) is -0.442. The van der Waals surface area contributed by atoms with Gasteiger partial charge in [0.05, 0.1) is 16.3 Å². The third-order valence-electron chi connectivity index (χ3n) is 3.65. The number of nitrogens with two attached hydrogens (primary N) is 1. The molecule has 0 spiro atoms. The molecule has 1 aromatic rings. The van der Waals surface area contributed by atoms with Crippen LogP contribution >= 0.6 is 23.2 Å².